The van der Waals surface area contributed by atoms with E-state index in [9.17, 15) is 13.2 Å². The Morgan fingerprint density at radius 1 is 1.04 bits per heavy atom. The molecule has 2 aromatic rings. The first-order valence-corrected chi connectivity index (χ1v) is 8.89. The molecule has 26 heavy (non-hydrogen) atoms. The smallest absolute Gasteiger partial charge is 0.389 e. The highest BCUT2D eigenvalue weighted by Gasteiger charge is 2.54. The Bertz CT molecular complexity index is 1040. The van der Waals surface area contributed by atoms with Crippen molar-refractivity contribution < 1.29 is 26.3 Å². The molecule has 2 aliphatic rings. The Labute approximate surface area is 160 Å². The molecule has 0 saturated heterocycles. The van der Waals surface area contributed by atoms with E-state index in [0.717, 1.165) is 15.0 Å². The summed E-state index contributed by atoms with van der Waals surface area (Å²) in [6.07, 6.45) is -1.77. The van der Waals surface area contributed by atoms with E-state index in [1.807, 2.05) is 0 Å². The zero-order chi connectivity index (χ0) is 18.9. The Morgan fingerprint density at radius 3 is 2.46 bits per heavy atom. The molecule has 0 saturated carbocycles. The molecule has 0 unspecified atom stereocenters. The first kappa shape index (κ1) is 17.7. The van der Waals surface area contributed by atoms with Crippen LogP contribution in [0.4, 0.5) is 21.8 Å². The van der Waals surface area contributed by atoms with Gasteiger partial charge in [0.15, 0.2) is 5.70 Å². The van der Waals surface area contributed by atoms with Gasteiger partial charge in [-0.3, -0.25) is 0 Å². The van der Waals surface area contributed by atoms with Crippen LogP contribution >= 0.6 is 31.9 Å². The summed E-state index contributed by atoms with van der Waals surface area (Å²) in [4.78, 5) is 3.67. The minimum atomic E-state index is -4.63. The van der Waals surface area contributed by atoms with Crippen molar-refractivity contribution in [3.05, 3.63) is 69.9 Å². The van der Waals surface area contributed by atoms with Gasteiger partial charge in [0.25, 0.3) is 0 Å². The SMILES string of the molecule is F[B-]1(F)n2c(Br)ccc2C(c2cccc(C(F)(F)F)n2)=C2C=CC(Br)=[N+]21. The molecule has 0 amide bonds. The molecule has 0 aliphatic carbocycles. The Hall–Kier alpha value is -1.75. The first-order valence-electron chi connectivity index (χ1n) is 7.30. The first-order chi connectivity index (χ1) is 12.1. The number of nitrogens with zero attached hydrogens (tertiary/aromatic N) is 3. The number of halogens is 7. The Morgan fingerprint density at radius 2 is 1.77 bits per heavy atom. The lowest BCUT2D eigenvalue weighted by molar-refractivity contribution is -0.358. The average Bonchev–Trinajstić information content (AvgIpc) is 3.12. The third-order valence-electron chi connectivity index (χ3n) is 4.17. The molecule has 0 spiro atoms. The van der Waals surface area contributed by atoms with Crippen LogP contribution in [0.5, 0.6) is 0 Å². The second kappa shape index (κ2) is 5.62. The monoisotopic (exact) mass is 493 g/mol. The summed E-state index contributed by atoms with van der Waals surface area (Å²) in [7, 11) is 0. The van der Waals surface area contributed by atoms with Crippen LogP contribution < -0.4 is 0 Å². The number of alkyl halides is 3. The lowest BCUT2D eigenvalue weighted by atomic mass is 9.88. The van der Waals surface area contributed by atoms with Gasteiger partial charge in [-0.25, -0.2) is 4.98 Å². The second-order valence-corrected chi connectivity index (χ2v) is 7.32. The van der Waals surface area contributed by atoms with E-state index in [0.29, 0.717) is 0 Å². The number of rotatable bonds is 1. The fourth-order valence-corrected chi connectivity index (χ4v) is 4.27. The van der Waals surface area contributed by atoms with Crippen molar-refractivity contribution in [3.8, 4) is 0 Å². The van der Waals surface area contributed by atoms with Crippen molar-refractivity contribution in [3.63, 3.8) is 0 Å². The van der Waals surface area contributed by atoms with Crippen molar-refractivity contribution in [1.29, 1.82) is 0 Å². The van der Waals surface area contributed by atoms with Gasteiger partial charge in [0.2, 0.25) is 4.62 Å². The fourth-order valence-electron chi connectivity index (χ4n) is 3.13. The number of hydrogen-bond donors (Lipinski definition) is 0. The molecule has 4 heterocycles. The van der Waals surface area contributed by atoms with Gasteiger partial charge < -0.3 is 17.6 Å². The number of aromatic nitrogens is 2. The van der Waals surface area contributed by atoms with Gasteiger partial charge in [0.1, 0.15) is 5.69 Å². The highest BCUT2D eigenvalue weighted by molar-refractivity contribution is 9.18. The third-order valence-corrected chi connectivity index (χ3v) is 5.46. The maximum Gasteiger partial charge on any atom is 0.738 e. The number of pyridine rings is 1. The van der Waals surface area contributed by atoms with E-state index in [1.165, 1.54) is 36.4 Å². The van der Waals surface area contributed by atoms with Gasteiger partial charge >= 0.3 is 13.1 Å². The van der Waals surface area contributed by atoms with Crippen molar-refractivity contribution in [2.45, 2.75) is 6.18 Å². The van der Waals surface area contributed by atoms with Crippen LogP contribution in [0.15, 0.2) is 52.8 Å². The molecule has 0 radical (unpaired) electrons. The maximum atomic E-state index is 15.1. The van der Waals surface area contributed by atoms with E-state index < -0.39 is 18.8 Å². The highest BCUT2D eigenvalue weighted by atomic mass is 79.9. The predicted molar refractivity (Wildman–Crippen MR) is 94.1 cm³/mol. The van der Waals surface area contributed by atoms with Crippen LogP contribution in [-0.4, -0.2) is 25.5 Å². The van der Waals surface area contributed by atoms with Crippen molar-refractivity contribution in [2.75, 3.05) is 0 Å². The van der Waals surface area contributed by atoms with E-state index in [4.69, 9.17) is 0 Å². The fraction of sp³-hybridized carbons (Fsp3) is 0.0667. The standard InChI is InChI=1S/C15H7BBr2F5N3/c17-12-6-4-9-14(8-2-1-3-11(24-8)15(19,20)21)10-5-7-13(18)26(10)16(22,23)25(9)12/h1-7H. The van der Waals surface area contributed by atoms with Gasteiger partial charge in [-0.2, -0.15) is 13.2 Å². The lowest BCUT2D eigenvalue weighted by Gasteiger charge is -2.31. The van der Waals surface area contributed by atoms with E-state index in [-0.39, 0.29) is 31.9 Å². The van der Waals surface area contributed by atoms with Gasteiger partial charge in [0, 0.05) is 33.8 Å². The molecule has 0 bridgehead atoms. The van der Waals surface area contributed by atoms with E-state index >= 15 is 8.63 Å². The molecular formula is C15H7BBr2F5N3. The number of allylic oxidation sites excluding steroid dienone is 2. The maximum absolute atomic E-state index is 15.1. The number of hydrogen-bond acceptors (Lipinski definition) is 1. The number of fused-ring (bicyclic) bond motifs is 2. The topological polar surface area (TPSA) is 20.8 Å². The molecule has 2 aromatic heterocycles. The normalized spacial score (nSPS) is 18.4. The quantitative estimate of drug-likeness (QED) is 0.402. The van der Waals surface area contributed by atoms with E-state index in [2.05, 4.69) is 36.8 Å². The van der Waals surface area contributed by atoms with Gasteiger partial charge in [0.05, 0.1) is 15.9 Å². The zero-order valence-electron chi connectivity index (χ0n) is 12.6. The summed E-state index contributed by atoms with van der Waals surface area (Å²) in [5.41, 5.74) is -0.747. The highest BCUT2D eigenvalue weighted by Crippen LogP contribution is 2.42. The molecule has 134 valence electrons. The minimum Gasteiger partial charge on any atom is -0.389 e. The van der Waals surface area contributed by atoms with E-state index in [1.54, 1.807) is 0 Å². The van der Waals surface area contributed by atoms with Gasteiger partial charge in [-0.05, 0) is 40.2 Å². The van der Waals surface area contributed by atoms with Gasteiger partial charge in [-0.1, -0.05) is 6.07 Å². The van der Waals surface area contributed by atoms with Crippen molar-refractivity contribution in [2.24, 2.45) is 0 Å². The molecule has 0 N–H and O–H groups in total. The third kappa shape index (κ3) is 2.44. The summed E-state index contributed by atoms with van der Waals surface area (Å²) in [6.45, 7) is -4.23. The summed E-state index contributed by atoms with van der Waals surface area (Å²) < 4.78 is 71.0. The van der Waals surface area contributed by atoms with Crippen LogP contribution in [0.3, 0.4) is 0 Å². The molecule has 0 fully saturated rings. The van der Waals surface area contributed by atoms with Crippen LogP contribution in [0.2, 0.25) is 0 Å². The van der Waals surface area contributed by atoms with Crippen LogP contribution in [-0.2, 0) is 6.18 Å². The van der Waals surface area contributed by atoms with Crippen molar-refractivity contribution >= 4 is 49.0 Å². The Kier molecular flexibility index (Phi) is 3.82. The molecule has 0 atom stereocenters. The summed E-state index contributed by atoms with van der Waals surface area (Å²) in [5, 5.41) is 0. The summed E-state index contributed by atoms with van der Waals surface area (Å²) in [6, 6.07) is 6.29. The minimum absolute atomic E-state index is 0.0372. The zero-order valence-corrected chi connectivity index (χ0v) is 15.8. The molecule has 4 rings (SSSR count). The summed E-state index contributed by atoms with van der Waals surface area (Å²) in [5.74, 6) is 0. The van der Waals surface area contributed by atoms with Gasteiger partial charge in [-0.15, -0.1) is 0 Å². The molecule has 0 aromatic carbocycles. The van der Waals surface area contributed by atoms with Crippen LogP contribution in [0.1, 0.15) is 17.1 Å². The second-order valence-electron chi connectivity index (χ2n) is 5.69. The lowest BCUT2D eigenvalue weighted by Crippen LogP contribution is -2.50. The molecule has 2 aliphatic heterocycles. The molecule has 3 nitrogen and oxygen atoms in total. The van der Waals surface area contributed by atoms with Crippen LogP contribution in [0, 0.1) is 0 Å². The Balaban J connectivity index is 2.05. The van der Waals surface area contributed by atoms with Crippen LogP contribution in [0.25, 0.3) is 5.57 Å². The largest absolute Gasteiger partial charge is 0.738 e. The predicted octanol–water partition coefficient (Wildman–Crippen LogP) is 5.04. The molecular weight excluding hydrogens is 488 g/mol. The molecule has 11 heteroatoms. The average molecular weight is 495 g/mol. The van der Waals surface area contributed by atoms with Crippen molar-refractivity contribution in [1.82, 2.24) is 9.46 Å². The summed E-state index contributed by atoms with van der Waals surface area (Å²) >= 11 is 6.19.